The number of carbonyl (C=O) groups is 1. The number of nitrogens with two attached hydrogens (primary N) is 1. The van der Waals surface area contributed by atoms with Gasteiger partial charge >= 0.3 is 0 Å². The van der Waals surface area contributed by atoms with E-state index >= 15 is 0 Å². The van der Waals surface area contributed by atoms with Gasteiger partial charge in [0.25, 0.3) is 0 Å². The first kappa shape index (κ1) is 10.4. The Bertz CT molecular complexity index is 545. The van der Waals surface area contributed by atoms with Crippen LogP contribution in [0.4, 0.5) is 5.95 Å². The van der Waals surface area contributed by atoms with Crippen LogP contribution in [-0.4, -0.2) is 27.5 Å². The van der Waals surface area contributed by atoms with Crippen LogP contribution in [0.5, 0.6) is 0 Å². The van der Waals surface area contributed by atoms with Crippen LogP contribution in [0.1, 0.15) is 5.56 Å². The molecule has 0 aliphatic heterocycles. The van der Waals surface area contributed by atoms with Crippen LogP contribution in [0.2, 0.25) is 0 Å². The van der Waals surface area contributed by atoms with Gasteiger partial charge in [0.2, 0.25) is 11.9 Å². The number of nitrogens with one attached hydrogen (secondary N) is 1. The van der Waals surface area contributed by atoms with Crippen LogP contribution in [0.3, 0.4) is 0 Å². The van der Waals surface area contributed by atoms with Crippen LogP contribution in [0.25, 0.3) is 11.2 Å². The molecular weight excluding hydrogens is 206 g/mol. The molecule has 0 fully saturated rings. The Morgan fingerprint density at radius 1 is 1.62 bits per heavy atom. The molecule has 0 spiro atoms. The van der Waals surface area contributed by atoms with E-state index in [1.54, 1.807) is 17.8 Å². The number of hydrogen-bond donors (Lipinski definition) is 2. The molecular formula is C10H13N5O. The highest BCUT2D eigenvalue weighted by Gasteiger charge is 2.11. The number of pyridine rings is 1. The normalized spacial score (nSPS) is 10.6. The van der Waals surface area contributed by atoms with E-state index in [1.807, 2.05) is 13.0 Å². The summed E-state index contributed by atoms with van der Waals surface area (Å²) in [7, 11) is 1.58. The molecule has 2 aromatic heterocycles. The number of likely N-dealkylation sites (N-methyl/N-ethyl adjacent to an activating group) is 1. The van der Waals surface area contributed by atoms with E-state index in [0.29, 0.717) is 17.1 Å². The van der Waals surface area contributed by atoms with Gasteiger partial charge in [-0.2, -0.15) is 0 Å². The lowest BCUT2D eigenvalue weighted by Gasteiger charge is -2.03. The van der Waals surface area contributed by atoms with Gasteiger partial charge in [0.15, 0.2) is 5.65 Å². The zero-order chi connectivity index (χ0) is 11.7. The molecule has 0 saturated carbocycles. The van der Waals surface area contributed by atoms with Crippen molar-refractivity contribution in [1.29, 1.82) is 0 Å². The van der Waals surface area contributed by atoms with Gasteiger partial charge in [-0.25, -0.2) is 9.97 Å². The number of hydrogen-bond acceptors (Lipinski definition) is 4. The van der Waals surface area contributed by atoms with E-state index in [1.165, 1.54) is 0 Å². The number of carbonyl (C=O) groups excluding carboxylic acids is 1. The summed E-state index contributed by atoms with van der Waals surface area (Å²) in [6.45, 7) is 2.06. The Hall–Kier alpha value is -2.11. The summed E-state index contributed by atoms with van der Waals surface area (Å²) in [6, 6.07) is 1.89. The second-order valence-corrected chi connectivity index (χ2v) is 3.58. The quantitative estimate of drug-likeness (QED) is 0.748. The van der Waals surface area contributed by atoms with E-state index in [-0.39, 0.29) is 12.5 Å². The molecule has 2 aromatic rings. The fraction of sp³-hybridized carbons (Fsp3) is 0.300. The van der Waals surface area contributed by atoms with Gasteiger partial charge in [0.1, 0.15) is 12.1 Å². The number of imidazole rings is 1. The third-order valence-electron chi connectivity index (χ3n) is 2.33. The molecule has 16 heavy (non-hydrogen) atoms. The van der Waals surface area contributed by atoms with Crippen molar-refractivity contribution < 1.29 is 4.79 Å². The van der Waals surface area contributed by atoms with Crippen LogP contribution in [0.15, 0.2) is 12.3 Å². The van der Waals surface area contributed by atoms with Crippen molar-refractivity contribution in [3.05, 3.63) is 17.8 Å². The lowest BCUT2D eigenvalue weighted by Crippen LogP contribution is -2.24. The zero-order valence-corrected chi connectivity index (χ0v) is 9.19. The van der Waals surface area contributed by atoms with Crippen molar-refractivity contribution in [2.75, 3.05) is 12.8 Å². The summed E-state index contributed by atoms with van der Waals surface area (Å²) in [5.41, 5.74) is 8.09. The van der Waals surface area contributed by atoms with Crippen LogP contribution in [0, 0.1) is 6.92 Å². The summed E-state index contributed by atoms with van der Waals surface area (Å²) in [5.74, 6) is 0.171. The molecule has 2 rings (SSSR count). The van der Waals surface area contributed by atoms with Crippen molar-refractivity contribution in [3.8, 4) is 0 Å². The third kappa shape index (κ3) is 1.69. The highest BCUT2D eigenvalue weighted by Crippen LogP contribution is 2.16. The Labute approximate surface area is 92.5 Å². The van der Waals surface area contributed by atoms with E-state index in [4.69, 9.17) is 5.73 Å². The van der Waals surface area contributed by atoms with Crippen molar-refractivity contribution in [1.82, 2.24) is 19.9 Å². The van der Waals surface area contributed by atoms with Crippen molar-refractivity contribution >= 4 is 23.0 Å². The number of fused-ring (bicyclic) bond motifs is 1. The van der Waals surface area contributed by atoms with Crippen molar-refractivity contribution in [2.24, 2.45) is 0 Å². The smallest absolute Gasteiger partial charge is 0.239 e. The molecule has 0 radical (unpaired) electrons. The minimum atomic E-state index is -0.131. The molecule has 0 saturated heterocycles. The fourth-order valence-corrected chi connectivity index (χ4v) is 1.51. The van der Waals surface area contributed by atoms with Gasteiger partial charge in [-0.1, -0.05) is 0 Å². The molecule has 6 nitrogen and oxygen atoms in total. The van der Waals surface area contributed by atoms with E-state index in [0.717, 1.165) is 5.56 Å². The highest BCUT2D eigenvalue weighted by atomic mass is 16.1. The molecule has 0 aromatic carbocycles. The van der Waals surface area contributed by atoms with Crippen LogP contribution in [-0.2, 0) is 11.3 Å². The standard InChI is InChI=1S/C10H13N5O/c1-6-3-7-9(13-4-6)15(10(11)14-7)5-8(16)12-2/h3-4H,5H2,1-2H3,(H2,11,14)(H,12,16). The van der Waals surface area contributed by atoms with Gasteiger partial charge in [-0.3, -0.25) is 9.36 Å². The molecule has 0 bridgehead atoms. The Kier molecular flexibility index (Phi) is 2.47. The second kappa shape index (κ2) is 3.80. The lowest BCUT2D eigenvalue weighted by atomic mass is 10.3. The molecule has 3 N–H and O–H groups in total. The average Bonchev–Trinajstić information content (AvgIpc) is 2.54. The van der Waals surface area contributed by atoms with Crippen LogP contribution < -0.4 is 11.1 Å². The molecule has 0 unspecified atom stereocenters. The Morgan fingerprint density at radius 3 is 3.06 bits per heavy atom. The highest BCUT2D eigenvalue weighted by molar-refractivity contribution is 5.80. The average molecular weight is 219 g/mol. The molecule has 0 aliphatic rings. The minimum Gasteiger partial charge on any atom is -0.369 e. The molecule has 1 amide bonds. The summed E-state index contributed by atoms with van der Waals surface area (Å²) in [5, 5.41) is 2.54. The zero-order valence-electron chi connectivity index (χ0n) is 9.19. The maximum absolute atomic E-state index is 11.3. The van der Waals surface area contributed by atoms with Crippen LogP contribution >= 0.6 is 0 Å². The summed E-state index contributed by atoms with van der Waals surface area (Å²) < 4.78 is 1.59. The van der Waals surface area contributed by atoms with E-state index < -0.39 is 0 Å². The maximum atomic E-state index is 11.3. The second-order valence-electron chi connectivity index (χ2n) is 3.58. The summed E-state index contributed by atoms with van der Waals surface area (Å²) in [6.07, 6.45) is 1.73. The predicted molar refractivity (Wildman–Crippen MR) is 60.7 cm³/mol. The SMILES string of the molecule is CNC(=O)Cn1c(N)nc2cc(C)cnc21. The summed E-state index contributed by atoms with van der Waals surface area (Å²) in [4.78, 5) is 19.7. The van der Waals surface area contributed by atoms with Gasteiger partial charge in [0.05, 0.1) is 0 Å². The first-order valence-electron chi connectivity index (χ1n) is 4.90. The number of rotatable bonds is 2. The topological polar surface area (TPSA) is 85.8 Å². The van der Waals surface area contributed by atoms with Gasteiger partial charge in [-0.05, 0) is 18.6 Å². The fourth-order valence-electron chi connectivity index (χ4n) is 1.51. The lowest BCUT2D eigenvalue weighted by molar-refractivity contribution is -0.121. The first-order chi connectivity index (χ1) is 7.61. The number of anilines is 1. The Balaban J connectivity index is 2.52. The first-order valence-corrected chi connectivity index (χ1v) is 4.90. The van der Waals surface area contributed by atoms with Gasteiger partial charge < -0.3 is 11.1 Å². The van der Waals surface area contributed by atoms with Crippen molar-refractivity contribution in [2.45, 2.75) is 13.5 Å². The van der Waals surface area contributed by atoms with E-state index in [2.05, 4.69) is 15.3 Å². The maximum Gasteiger partial charge on any atom is 0.239 e. The van der Waals surface area contributed by atoms with E-state index in [9.17, 15) is 4.79 Å². The third-order valence-corrected chi connectivity index (χ3v) is 2.33. The number of aryl methyl sites for hydroxylation is 1. The van der Waals surface area contributed by atoms with Gasteiger partial charge in [0, 0.05) is 13.2 Å². The number of amides is 1. The molecule has 2 heterocycles. The summed E-state index contributed by atoms with van der Waals surface area (Å²) >= 11 is 0. The molecule has 0 aliphatic carbocycles. The number of nitrogen functional groups attached to an aromatic ring is 1. The Morgan fingerprint density at radius 2 is 2.38 bits per heavy atom. The van der Waals surface area contributed by atoms with Crippen molar-refractivity contribution in [3.63, 3.8) is 0 Å². The molecule has 6 heteroatoms. The predicted octanol–water partition coefficient (Wildman–Crippen LogP) is 0.0679. The molecule has 0 atom stereocenters. The number of nitrogens with zero attached hydrogens (tertiary/aromatic N) is 3. The monoisotopic (exact) mass is 219 g/mol. The minimum absolute atomic E-state index is 0.131. The van der Waals surface area contributed by atoms with Gasteiger partial charge in [-0.15, -0.1) is 0 Å². The molecule has 84 valence electrons. The number of aromatic nitrogens is 3. The largest absolute Gasteiger partial charge is 0.369 e.